The number of amides is 1. The number of carbonyl (C=O) groups excluding carboxylic acids is 2. The number of nitrogens with zero attached hydrogens (tertiary/aromatic N) is 2. The van der Waals surface area contributed by atoms with Crippen molar-refractivity contribution >= 4 is 46.1 Å². The molecule has 3 atom stereocenters. The van der Waals surface area contributed by atoms with E-state index in [1.54, 1.807) is 22.8 Å². The number of rotatable bonds is 7. The Morgan fingerprint density at radius 2 is 1.62 bits per heavy atom. The predicted molar refractivity (Wildman–Crippen MR) is 158 cm³/mol. The Hall–Kier alpha value is -3.32. The summed E-state index contributed by atoms with van der Waals surface area (Å²) < 4.78 is 13.1. The van der Waals surface area contributed by atoms with Gasteiger partial charge in [0.1, 0.15) is 11.7 Å². The summed E-state index contributed by atoms with van der Waals surface area (Å²) in [6.45, 7) is 7.95. The van der Waals surface area contributed by atoms with E-state index < -0.39 is 23.9 Å². The van der Waals surface area contributed by atoms with Crippen LogP contribution in [0.1, 0.15) is 56.5 Å². The van der Waals surface area contributed by atoms with Crippen molar-refractivity contribution in [2.24, 2.45) is 0 Å². The normalized spacial score (nSPS) is 17.4. The number of benzene rings is 3. The minimum absolute atomic E-state index is 0.131. The SMILES string of the molecule is C[C@@H](c1ccccc1)N(CCc1cn(C(=O)OC(C)(C)C)c2ccccc12)C(=O)[C@H]1O[C@@H]1c1c(Cl)cccc1Cl. The van der Waals surface area contributed by atoms with Gasteiger partial charge in [0.05, 0.1) is 11.6 Å². The van der Waals surface area contributed by atoms with E-state index in [0.717, 1.165) is 22.0 Å². The molecule has 0 saturated carbocycles. The monoisotopic (exact) mass is 578 g/mol. The predicted octanol–water partition coefficient (Wildman–Crippen LogP) is 8.00. The van der Waals surface area contributed by atoms with E-state index >= 15 is 0 Å². The Morgan fingerprint density at radius 3 is 2.30 bits per heavy atom. The average Bonchev–Trinajstić information content (AvgIpc) is 3.61. The molecule has 208 valence electrons. The molecule has 8 heteroatoms. The second-order valence-electron chi connectivity index (χ2n) is 11.0. The fourth-order valence-electron chi connectivity index (χ4n) is 5.02. The van der Waals surface area contributed by atoms with Gasteiger partial charge in [-0.25, -0.2) is 4.79 Å². The first-order chi connectivity index (χ1) is 19.0. The molecular weight excluding hydrogens is 547 g/mol. The van der Waals surface area contributed by atoms with Gasteiger partial charge in [-0.05, 0) is 63.4 Å². The molecule has 2 heterocycles. The second-order valence-corrected chi connectivity index (χ2v) is 11.8. The number of hydrogen-bond donors (Lipinski definition) is 0. The number of fused-ring (bicyclic) bond motifs is 1. The van der Waals surface area contributed by atoms with Crippen LogP contribution in [0.5, 0.6) is 0 Å². The van der Waals surface area contributed by atoms with E-state index in [2.05, 4.69) is 0 Å². The van der Waals surface area contributed by atoms with Crippen LogP contribution in [-0.2, 0) is 20.7 Å². The van der Waals surface area contributed by atoms with Crippen molar-refractivity contribution in [1.82, 2.24) is 9.47 Å². The maximum absolute atomic E-state index is 13.9. The fourth-order valence-corrected chi connectivity index (χ4v) is 5.64. The first kappa shape index (κ1) is 28.2. The van der Waals surface area contributed by atoms with Crippen LogP contribution in [0, 0.1) is 0 Å². The van der Waals surface area contributed by atoms with E-state index in [9.17, 15) is 9.59 Å². The molecule has 40 heavy (non-hydrogen) atoms. The van der Waals surface area contributed by atoms with Gasteiger partial charge in [-0.1, -0.05) is 77.8 Å². The zero-order chi connectivity index (χ0) is 28.6. The molecule has 1 saturated heterocycles. The van der Waals surface area contributed by atoms with Crippen molar-refractivity contribution < 1.29 is 19.1 Å². The number of para-hydroxylation sites is 1. The van der Waals surface area contributed by atoms with Crippen LogP contribution < -0.4 is 0 Å². The lowest BCUT2D eigenvalue weighted by Gasteiger charge is -2.29. The first-order valence-electron chi connectivity index (χ1n) is 13.3. The molecule has 3 aromatic carbocycles. The van der Waals surface area contributed by atoms with Crippen LogP contribution in [0.3, 0.4) is 0 Å². The van der Waals surface area contributed by atoms with E-state index in [-0.39, 0.29) is 11.9 Å². The van der Waals surface area contributed by atoms with Crippen LogP contribution in [0.2, 0.25) is 10.0 Å². The molecule has 6 nitrogen and oxygen atoms in total. The van der Waals surface area contributed by atoms with Crippen LogP contribution >= 0.6 is 23.2 Å². The van der Waals surface area contributed by atoms with Crippen LogP contribution in [0.15, 0.2) is 79.0 Å². The van der Waals surface area contributed by atoms with Gasteiger partial charge in [-0.2, -0.15) is 0 Å². The van der Waals surface area contributed by atoms with Gasteiger partial charge < -0.3 is 14.4 Å². The summed E-state index contributed by atoms with van der Waals surface area (Å²) >= 11 is 12.8. The quantitative estimate of drug-likeness (QED) is 0.208. The Balaban J connectivity index is 1.43. The van der Waals surface area contributed by atoms with Crippen LogP contribution in [-0.4, -0.2) is 39.7 Å². The van der Waals surface area contributed by atoms with Crippen LogP contribution in [0.4, 0.5) is 4.79 Å². The average molecular weight is 580 g/mol. The van der Waals surface area contributed by atoms with Gasteiger partial charge in [0.2, 0.25) is 0 Å². The highest BCUT2D eigenvalue weighted by molar-refractivity contribution is 6.36. The van der Waals surface area contributed by atoms with Crippen molar-refractivity contribution in [1.29, 1.82) is 0 Å². The first-order valence-corrected chi connectivity index (χ1v) is 14.1. The molecule has 1 fully saturated rings. The smallest absolute Gasteiger partial charge is 0.419 e. The highest BCUT2D eigenvalue weighted by atomic mass is 35.5. The molecule has 5 rings (SSSR count). The summed E-state index contributed by atoms with van der Waals surface area (Å²) in [6, 6.07) is 22.7. The molecule has 4 aromatic rings. The topological polar surface area (TPSA) is 64.1 Å². The summed E-state index contributed by atoms with van der Waals surface area (Å²) in [7, 11) is 0. The summed E-state index contributed by atoms with van der Waals surface area (Å²) in [6.07, 6.45) is 0.740. The zero-order valence-corrected chi connectivity index (χ0v) is 24.4. The lowest BCUT2D eigenvalue weighted by Crippen LogP contribution is -2.38. The van der Waals surface area contributed by atoms with E-state index in [0.29, 0.717) is 28.6 Å². The molecule has 1 aliphatic heterocycles. The molecule has 1 amide bonds. The molecule has 0 radical (unpaired) electrons. The van der Waals surface area contributed by atoms with Crippen LogP contribution in [0.25, 0.3) is 10.9 Å². The van der Waals surface area contributed by atoms with Crippen molar-refractivity contribution in [3.63, 3.8) is 0 Å². The third-order valence-corrected chi connectivity index (χ3v) is 7.72. The van der Waals surface area contributed by atoms with Gasteiger partial charge >= 0.3 is 6.09 Å². The Morgan fingerprint density at radius 1 is 0.975 bits per heavy atom. The van der Waals surface area contributed by atoms with Crippen molar-refractivity contribution in [2.75, 3.05) is 6.54 Å². The van der Waals surface area contributed by atoms with E-state index in [1.807, 2.05) is 93.4 Å². The Kier molecular flexibility index (Phi) is 7.96. The van der Waals surface area contributed by atoms with Crippen molar-refractivity contribution in [3.8, 4) is 0 Å². The van der Waals surface area contributed by atoms with Gasteiger partial charge in [0.15, 0.2) is 6.10 Å². The standard InChI is InChI=1S/C32H32Cl2N2O4/c1-20(21-11-6-5-7-12-21)35(30(37)29-28(39-29)27-24(33)14-10-15-25(27)34)18-17-22-19-36(31(38)40-32(2,3)4)26-16-9-8-13-23(22)26/h5-16,19-20,28-29H,17-18H2,1-4H3/t20-,28+,29-/m0/s1. The molecule has 0 aliphatic carbocycles. The third kappa shape index (κ3) is 5.90. The molecule has 0 N–H and O–H groups in total. The third-order valence-electron chi connectivity index (χ3n) is 7.06. The van der Waals surface area contributed by atoms with E-state index in [4.69, 9.17) is 32.7 Å². The molecular formula is C32H32Cl2N2O4. The number of epoxide rings is 1. The summed E-state index contributed by atoms with van der Waals surface area (Å²) in [5.41, 5.74) is 2.74. The van der Waals surface area contributed by atoms with E-state index in [1.165, 1.54) is 0 Å². The highest BCUT2D eigenvalue weighted by Crippen LogP contribution is 2.46. The molecule has 1 aromatic heterocycles. The fraction of sp³-hybridized carbons (Fsp3) is 0.312. The van der Waals surface area contributed by atoms with Gasteiger partial charge in [-0.3, -0.25) is 9.36 Å². The molecule has 0 unspecified atom stereocenters. The summed E-state index contributed by atoms with van der Waals surface area (Å²) in [4.78, 5) is 28.7. The number of carbonyl (C=O) groups is 2. The summed E-state index contributed by atoms with van der Waals surface area (Å²) in [5.74, 6) is -0.131. The maximum atomic E-state index is 13.9. The summed E-state index contributed by atoms with van der Waals surface area (Å²) in [5, 5.41) is 1.90. The minimum Gasteiger partial charge on any atom is -0.443 e. The second kappa shape index (κ2) is 11.3. The Labute approximate surface area is 244 Å². The minimum atomic E-state index is -0.674. The Bertz CT molecular complexity index is 1520. The lowest BCUT2D eigenvalue weighted by molar-refractivity contribution is -0.134. The van der Waals surface area contributed by atoms with Crippen molar-refractivity contribution in [3.05, 3.63) is 106 Å². The van der Waals surface area contributed by atoms with Crippen molar-refractivity contribution in [2.45, 2.75) is 58.0 Å². The molecule has 0 bridgehead atoms. The number of halogens is 2. The number of aromatic nitrogens is 1. The zero-order valence-electron chi connectivity index (χ0n) is 22.9. The number of ether oxygens (including phenoxy) is 2. The molecule has 0 spiro atoms. The number of hydrogen-bond acceptors (Lipinski definition) is 4. The largest absolute Gasteiger partial charge is 0.443 e. The maximum Gasteiger partial charge on any atom is 0.419 e. The molecule has 1 aliphatic rings. The lowest BCUT2D eigenvalue weighted by atomic mass is 10.0. The van der Waals surface area contributed by atoms with Gasteiger partial charge in [0, 0.05) is 33.7 Å². The van der Waals surface area contributed by atoms with Gasteiger partial charge in [0.25, 0.3) is 5.91 Å². The highest BCUT2D eigenvalue weighted by Gasteiger charge is 2.50. The van der Waals surface area contributed by atoms with Gasteiger partial charge in [-0.15, -0.1) is 0 Å².